The molecule has 0 spiro atoms. The molecule has 2 aliphatic rings. The average molecular weight is 378 g/mol. The van der Waals surface area contributed by atoms with Crippen LogP contribution >= 0.6 is 37.2 Å². The SMILES string of the molecule is CC1C2CCC(C2)C1C.II. The highest BCUT2D eigenvalue weighted by Crippen LogP contribution is 2.51. The molecule has 2 aliphatic carbocycles. The molecule has 2 saturated carbocycles. The van der Waals surface area contributed by atoms with Crippen LogP contribution in [-0.2, 0) is 0 Å². The second-order valence-corrected chi connectivity index (χ2v) is 4.05. The van der Waals surface area contributed by atoms with Gasteiger partial charge < -0.3 is 0 Å². The van der Waals surface area contributed by atoms with Crippen molar-refractivity contribution in [3.63, 3.8) is 0 Å². The zero-order valence-corrected chi connectivity index (χ0v) is 11.5. The Kier molecular flexibility index (Phi) is 4.43. The van der Waals surface area contributed by atoms with E-state index >= 15 is 0 Å². The minimum absolute atomic E-state index is 1.05. The van der Waals surface area contributed by atoms with Gasteiger partial charge in [0.05, 0.1) is 0 Å². The Hall–Kier alpha value is 1.46. The number of halogens is 2. The lowest BCUT2D eigenvalue weighted by Crippen LogP contribution is -2.15. The second kappa shape index (κ2) is 4.63. The normalized spacial score (nSPS) is 46.9. The van der Waals surface area contributed by atoms with E-state index in [1.54, 1.807) is 6.42 Å². The molecule has 2 fully saturated rings. The third-order valence-corrected chi connectivity index (χ3v) is 3.83. The summed E-state index contributed by atoms with van der Waals surface area (Å²) in [5.74, 6) is 4.32. The van der Waals surface area contributed by atoms with Gasteiger partial charge in [0.25, 0.3) is 0 Å². The molecule has 66 valence electrons. The van der Waals surface area contributed by atoms with E-state index in [-0.39, 0.29) is 0 Å². The molecule has 2 heteroatoms. The van der Waals surface area contributed by atoms with Gasteiger partial charge in [-0.25, -0.2) is 0 Å². The number of hydrogen-bond acceptors (Lipinski definition) is 0. The minimum Gasteiger partial charge on any atom is -0.0620 e. The molecule has 0 aromatic carbocycles. The van der Waals surface area contributed by atoms with Crippen molar-refractivity contribution in [1.82, 2.24) is 0 Å². The quantitative estimate of drug-likeness (QED) is 0.547. The van der Waals surface area contributed by atoms with Crippen LogP contribution in [0.25, 0.3) is 0 Å². The maximum atomic E-state index is 2.44. The molecule has 0 saturated heterocycles. The van der Waals surface area contributed by atoms with Gasteiger partial charge in [-0.2, -0.15) is 0 Å². The Morgan fingerprint density at radius 3 is 1.45 bits per heavy atom. The molecule has 0 aromatic rings. The molecular formula is C9H16I2. The highest BCUT2D eigenvalue weighted by atomic mass is 128. The van der Waals surface area contributed by atoms with Gasteiger partial charge in [0, 0.05) is 37.2 Å². The van der Waals surface area contributed by atoms with E-state index in [2.05, 4.69) is 51.1 Å². The zero-order valence-electron chi connectivity index (χ0n) is 7.19. The van der Waals surface area contributed by atoms with Crippen molar-refractivity contribution >= 4 is 37.2 Å². The molecule has 4 atom stereocenters. The summed E-state index contributed by atoms with van der Waals surface area (Å²) in [6.45, 7) is 4.88. The fourth-order valence-electron chi connectivity index (χ4n) is 2.87. The third-order valence-electron chi connectivity index (χ3n) is 3.83. The number of fused-ring (bicyclic) bond motifs is 2. The molecule has 0 aliphatic heterocycles. The molecule has 0 radical (unpaired) electrons. The fourth-order valence-corrected chi connectivity index (χ4v) is 2.87. The minimum atomic E-state index is 1.05. The Morgan fingerprint density at radius 2 is 1.27 bits per heavy atom. The topological polar surface area (TPSA) is 0 Å². The van der Waals surface area contributed by atoms with Crippen LogP contribution in [0.4, 0.5) is 0 Å². The van der Waals surface area contributed by atoms with E-state index in [9.17, 15) is 0 Å². The smallest absolute Gasteiger partial charge is 0 e. The van der Waals surface area contributed by atoms with E-state index in [0.29, 0.717) is 0 Å². The van der Waals surface area contributed by atoms with Crippen molar-refractivity contribution in [2.75, 3.05) is 0 Å². The predicted octanol–water partition coefficient (Wildman–Crippen LogP) is 4.46. The van der Waals surface area contributed by atoms with Crippen molar-refractivity contribution < 1.29 is 0 Å². The summed E-state index contributed by atoms with van der Waals surface area (Å²) < 4.78 is 0. The van der Waals surface area contributed by atoms with Gasteiger partial charge >= 0.3 is 0 Å². The fraction of sp³-hybridized carbons (Fsp3) is 1.00. The van der Waals surface area contributed by atoms with Crippen LogP contribution in [0.3, 0.4) is 0 Å². The van der Waals surface area contributed by atoms with Gasteiger partial charge in [-0.3, -0.25) is 0 Å². The number of rotatable bonds is 0. The van der Waals surface area contributed by atoms with Crippen LogP contribution in [0.2, 0.25) is 0 Å². The summed E-state index contributed by atoms with van der Waals surface area (Å²) in [7, 11) is 0. The van der Waals surface area contributed by atoms with Gasteiger partial charge in [0.2, 0.25) is 0 Å². The maximum Gasteiger partial charge on any atom is 0 e. The first-order valence-electron chi connectivity index (χ1n) is 4.43. The van der Waals surface area contributed by atoms with Crippen molar-refractivity contribution in [2.45, 2.75) is 33.1 Å². The van der Waals surface area contributed by atoms with Crippen LogP contribution in [-0.4, -0.2) is 0 Å². The lowest BCUT2D eigenvalue weighted by atomic mass is 9.82. The van der Waals surface area contributed by atoms with Gasteiger partial charge in [0.15, 0.2) is 0 Å². The lowest BCUT2D eigenvalue weighted by molar-refractivity contribution is 0.259. The summed E-state index contributed by atoms with van der Waals surface area (Å²) >= 11 is 4.24. The van der Waals surface area contributed by atoms with Crippen LogP contribution in [0, 0.1) is 23.7 Å². The molecule has 0 amide bonds. The van der Waals surface area contributed by atoms with Gasteiger partial charge in [-0.15, -0.1) is 0 Å². The van der Waals surface area contributed by atoms with Crippen molar-refractivity contribution in [3.05, 3.63) is 0 Å². The van der Waals surface area contributed by atoms with Crippen LogP contribution in [0.5, 0.6) is 0 Å². The van der Waals surface area contributed by atoms with E-state index in [4.69, 9.17) is 0 Å². The van der Waals surface area contributed by atoms with Crippen molar-refractivity contribution in [1.29, 1.82) is 0 Å². The van der Waals surface area contributed by atoms with Crippen molar-refractivity contribution in [2.24, 2.45) is 23.7 Å². The molecule has 0 aromatic heterocycles. The summed E-state index contributed by atoms with van der Waals surface area (Å²) in [5, 5.41) is 0. The summed E-state index contributed by atoms with van der Waals surface area (Å²) in [4.78, 5) is 0. The first-order valence-corrected chi connectivity index (χ1v) is 10.7. The largest absolute Gasteiger partial charge is 0.0620 e. The third kappa shape index (κ3) is 2.03. The van der Waals surface area contributed by atoms with E-state index < -0.39 is 0 Å². The van der Waals surface area contributed by atoms with Crippen molar-refractivity contribution in [3.8, 4) is 0 Å². The molecule has 2 bridgehead atoms. The van der Waals surface area contributed by atoms with E-state index in [1.165, 1.54) is 12.8 Å². The Balaban J connectivity index is 0.000000281. The summed E-state index contributed by atoms with van der Waals surface area (Å²) in [6, 6.07) is 0. The second-order valence-electron chi connectivity index (χ2n) is 4.05. The molecular weight excluding hydrogens is 362 g/mol. The molecule has 2 rings (SSSR count). The highest BCUT2D eigenvalue weighted by Gasteiger charge is 2.42. The van der Waals surface area contributed by atoms with Gasteiger partial charge in [-0.1, -0.05) is 13.8 Å². The first-order chi connectivity index (χ1) is 5.29. The maximum absolute atomic E-state index is 2.44. The molecule has 11 heavy (non-hydrogen) atoms. The molecule has 0 nitrogen and oxygen atoms in total. The summed E-state index contributed by atoms with van der Waals surface area (Å²) in [6.07, 6.45) is 4.63. The Labute approximate surface area is 93.2 Å². The average Bonchev–Trinajstić information content (AvgIpc) is 2.60. The highest BCUT2D eigenvalue weighted by molar-refractivity contribution is 15.0. The number of hydrogen-bond donors (Lipinski definition) is 0. The van der Waals surface area contributed by atoms with Crippen LogP contribution in [0.1, 0.15) is 33.1 Å². The Morgan fingerprint density at radius 1 is 0.909 bits per heavy atom. The molecule has 4 unspecified atom stereocenters. The van der Waals surface area contributed by atoms with Crippen LogP contribution < -0.4 is 0 Å². The lowest BCUT2D eigenvalue weighted by Gasteiger charge is -2.24. The molecule has 0 N–H and O–H groups in total. The van der Waals surface area contributed by atoms with Gasteiger partial charge in [-0.05, 0) is 42.9 Å². The molecule has 0 heterocycles. The zero-order chi connectivity index (χ0) is 8.43. The predicted molar refractivity (Wildman–Crippen MR) is 67.2 cm³/mol. The van der Waals surface area contributed by atoms with Gasteiger partial charge in [0.1, 0.15) is 0 Å². The Bertz CT molecular complexity index is 107. The summed E-state index contributed by atoms with van der Waals surface area (Å²) in [5.41, 5.74) is 0. The van der Waals surface area contributed by atoms with E-state index in [0.717, 1.165) is 23.7 Å². The first kappa shape index (κ1) is 10.5. The monoisotopic (exact) mass is 378 g/mol. The van der Waals surface area contributed by atoms with E-state index in [1.807, 2.05) is 0 Å². The standard InChI is InChI=1S/C9H16.I2/c1-6-7(2)9-4-3-8(6)5-9;1-2/h6-9H,3-5H2,1-2H3;. The van der Waals surface area contributed by atoms with Crippen LogP contribution in [0.15, 0.2) is 0 Å².